The number of carbonyl (C=O) groups is 2. The van der Waals surface area contributed by atoms with Crippen molar-refractivity contribution < 1.29 is 9.59 Å². The van der Waals surface area contributed by atoms with Crippen LogP contribution in [0.3, 0.4) is 0 Å². The lowest BCUT2D eigenvalue weighted by Crippen LogP contribution is -2.11. The largest absolute Gasteiger partial charge is 0.340 e. The van der Waals surface area contributed by atoms with Crippen LogP contribution in [0.2, 0.25) is 0 Å². The maximum atomic E-state index is 11.2. The predicted octanol–water partition coefficient (Wildman–Crippen LogP) is 0.514. The lowest BCUT2D eigenvalue weighted by atomic mass is 10.4. The standard InChI is InChI=1S/C9H9N5O2/c1-4(15)7-13-8-6(10-3-11-8)9(14-7)12-5(2)16/h3H,1-2H3,(H2,10,11,12,13,14,16). The Kier molecular flexibility index (Phi) is 2.35. The molecule has 7 heteroatoms. The molecule has 0 aliphatic rings. The summed E-state index contributed by atoms with van der Waals surface area (Å²) >= 11 is 0. The van der Waals surface area contributed by atoms with Crippen molar-refractivity contribution in [1.29, 1.82) is 0 Å². The number of carbonyl (C=O) groups excluding carboxylic acids is 2. The number of H-pyrrole nitrogens is 1. The first-order valence-electron chi connectivity index (χ1n) is 4.57. The third kappa shape index (κ3) is 1.74. The molecular formula is C9H9N5O2. The van der Waals surface area contributed by atoms with Crippen LogP contribution in [0.15, 0.2) is 6.33 Å². The molecule has 0 aliphatic heterocycles. The summed E-state index contributed by atoms with van der Waals surface area (Å²) in [5, 5.41) is 2.52. The highest BCUT2D eigenvalue weighted by molar-refractivity contribution is 5.98. The van der Waals surface area contributed by atoms with E-state index in [2.05, 4.69) is 25.3 Å². The number of Topliss-reactive ketones (excluding diaryl/α,β-unsaturated/α-hetero) is 1. The Hall–Kier alpha value is -2.31. The monoisotopic (exact) mass is 219 g/mol. The Bertz CT molecular complexity index is 574. The smallest absolute Gasteiger partial charge is 0.222 e. The minimum absolute atomic E-state index is 0.0309. The molecule has 0 radical (unpaired) electrons. The van der Waals surface area contributed by atoms with Gasteiger partial charge >= 0.3 is 0 Å². The van der Waals surface area contributed by atoms with Crippen LogP contribution in [0, 0.1) is 0 Å². The number of fused-ring (bicyclic) bond motifs is 1. The number of imidazole rings is 1. The molecule has 2 aromatic heterocycles. The number of hydrogen-bond donors (Lipinski definition) is 2. The maximum Gasteiger partial charge on any atom is 0.222 e. The van der Waals surface area contributed by atoms with Crippen molar-refractivity contribution in [2.45, 2.75) is 13.8 Å². The Labute approximate surface area is 90.3 Å². The Balaban J connectivity index is 2.63. The topological polar surface area (TPSA) is 101 Å². The van der Waals surface area contributed by atoms with Crippen molar-refractivity contribution in [3.05, 3.63) is 12.2 Å². The zero-order valence-electron chi connectivity index (χ0n) is 8.74. The molecule has 0 unspecified atom stereocenters. The average Bonchev–Trinajstić information content (AvgIpc) is 2.64. The van der Waals surface area contributed by atoms with Crippen LogP contribution in [0.25, 0.3) is 11.2 Å². The minimum atomic E-state index is -0.281. The summed E-state index contributed by atoms with van der Waals surface area (Å²) in [6.45, 7) is 2.71. The molecule has 0 aromatic carbocycles. The first-order valence-corrected chi connectivity index (χ1v) is 4.57. The quantitative estimate of drug-likeness (QED) is 0.717. The molecule has 16 heavy (non-hydrogen) atoms. The van der Waals surface area contributed by atoms with Gasteiger partial charge in [-0.05, 0) is 0 Å². The van der Waals surface area contributed by atoms with Crippen LogP contribution in [-0.2, 0) is 4.79 Å². The van der Waals surface area contributed by atoms with Crippen LogP contribution < -0.4 is 5.32 Å². The summed E-state index contributed by atoms with van der Waals surface area (Å²) in [6, 6.07) is 0. The molecule has 0 aliphatic carbocycles. The summed E-state index contributed by atoms with van der Waals surface area (Å²) in [6.07, 6.45) is 1.43. The van der Waals surface area contributed by atoms with Gasteiger partial charge in [0.05, 0.1) is 6.33 Å². The third-order valence-electron chi connectivity index (χ3n) is 1.89. The normalized spacial score (nSPS) is 10.4. The van der Waals surface area contributed by atoms with E-state index in [0.29, 0.717) is 11.2 Å². The van der Waals surface area contributed by atoms with Crippen LogP contribution in [-0.4, -0.2) is 31.6 Å². The average molecular weight is 219 g/mol. The van der Waals surface area contributed by atoms with Crippen molar-refractivity contribution in [3.63, 3.8) is 0 Å². The third-order valence-corrected chi connectivity index (χ3v) is 1.89. The van der Waals surface area contributed by atoms with E-state index in [1.807, 2.05) is 0 Å². The van der Waals surface area contributed by atoms with Gasteiger partial charge in [-0.2, -0.15) is 0 Å². The summed E-state index contributed by atoms with van der Waals surface area (Å²) in [5.74, 6) is -0.260. The van der Waals surface area contributed by atoms with Crippen molar-refractivity contribution in [1.82, 2.24) is 19.9 Å². The van der Waals surface area contributed by atoms with E-state index in [1.54, 1.807) is 0 Å². The number of amides is 1. The summed E-state index contributed by atoms with van der Waals surface area (Å²) in [5.41, 5.74) is 0.851. The lowest BCUT2D eigenvalue weighted by molar-refractivity contribution is -0.114. The van der Waals surface area contributed by atoms with Gasteiger partial charge < -0.3 is 10.3 Å². The predicted molar refractivity (Wildman–Crippen MR) is 56.0 cm³/mol. The van der Waals surface area contributed by atoms with E-state index >= 15 is 0 Å². The van der Waals surface area contributed by atoms with Crippen molar-refractivity contribution in [3.8, 4) is 0 Å². The molecule has 1 amide bonds. The molecule has 82 valence electrons. The van der Waals surface area contributed by atoms with E-state index in [1.165, 1.54) is 20.2 Å². The van der Waals surface area contributed by atoms with Gasteiger partial charge in [0.25, 0.3) is 0 Å². The van der Waals surface area contributed by atoms with E-state index in [9.17, 15) is 9.59 Å². The molecule has 0 bridgehead atoms. The van der Waals surface area contributed by atoms with E-state index < -0.39 is 0 Å². The first kappa shape index (κ1) is 10.2. The molecule has 2 aromatic rings. The van der Waals surface area contributed by atoms with Crippen molar-refractivity contribution >= 4 is 28.7 Å². The van der Waals surface area contributed by atoms with Crippen molar-refractivity contribution in [2.75, 3.05) is 5.32 Å². The van der Waals surface area contributed by atoms with Crippen LogP contribution >= 0.6 is 0 Å². The second-order valence-corrected chi connectivity index (χ2v) is 3.23. The number of ketones is 1. The van der Waals surface area contributed by atoms with Crippen LogP contribution in [0.5, 0.6) is 0 Å². The molecule has 0 saturated carbocycles. The maximum absolute atomic E-state index is 11.2. The Morgan fingerprint density at radius 1 is 1.31 bits per heavy atom. The first-order chi connectivity index (χ1) is 7.58. The molecule has 0 atom stereocenters. The van der Waals surface area contributed by atoms with Gasteiger partial charge in [0.1, 0.15) is 5.52 Å². The molecule has 0 fully saturated rings. The highest BCUT2D eigenvalue weighted by Crippen LogP contribution is 2.16. The highest BCUT2D eigenvalue weighted by atomic mass is 16.1. The summed E-state index contributed by atoms with van der Waals surface area (Å²) < 4.78 is 0. The lowest BCUT2D eigenvalue weighted by Gasteiger charge is -2.03. The van der Waals surface area contributed by atoms with Crippen LogP contribution in [0.4, 0.5) is 5.82 Å². The molecular weight excluding hydrogens is 210 g/mol. The molecule has 0 spiro atoms. The number of hydrogen-bond acceptors (Lipinski definition) is 5. The van der Waals surface area contributed by atoms with Gasteiger partial charge in [0.15, 0.2) is 23.1 Å². The number of aromatic nitrogens is 4. The minimum Gasteiger partial charge on any atom is -0.340 e. The number of aromatic amines is 1. The second-order valence-electron chi connectivity index (χ2n) is 3.23. The number of nitrogens with one attached hydrogen (secondary N) is 2. The van der Waals surface area contributed by atoms with Gasteiger partial charge in [0.2, 0.25) is 5.91 Å². The zero-order valence-corrected chi connectivity index (χ0v) is 8.74. The van der Waals surface area contributed by atoms with E-state index in [0.717, 1.165) is 0 Å². The van der Waals surface area contributed by atoms with Gasteiger partial charge in [-0.1, -0.05) is 0 Å². The SMILES string of the molecule is CC(=O)Nc1nc(C(C)=O)nc2nc[nH]c12. The fourth-order valence-electron chi connectivity index (χ4n) is 1.25. The fraction of sp³-hybridized carbons (Fsp3) is 0.222. The van der Waals surface area contributed by atoms with E-state index in [4.69, 9.17) is 0 Å². The highest BCUT2D eigenvalue weighted by Gasteiger charge is 2.13. The van der Waals surface area contributed by atoms with Gasteiger partial charge in [-0.3, -0.25) is 9.59 Å². The van der Waals surface area contributed by atoms with Gasteiger partial charge in [0, 0.05) is 13.8 Å². The summed E-state index contributed by atoms with van der Waals surface area (Å²) in [4.78, 5) is 36.8. The number of nitrogens with zero attached hydrogens (tertiary/aromatic N) is 3. The molecule has 2 rings (SSSR count). The fourth-order valence-corrected chi connectivity index (χ4v) is 1.25. The van der Waals surface area contributed by atoms with E-state index in [-0.39, 0.29) is 23.3 Å². The molecule has 7 nitrogen and oxygen atoms in total. The Morgan fingerprint density at radius 3 is 2.69 bits per heavy atom. The van der Waals surface area contributed by atoms with Crippen LogP contribution in [0.1, 0.15) is 24.5 Å². The number of anilines is 1. The van der Waals surface area contributed by atoms with Crippen molar-refractivity contribution in [2.24, 2.45) is 0 Å². The molecule has 2 heterocycles. The Morgan fingerprint density at radius 2 is 2.06 bits per heavy atom. The van der Waals surface area contributed by atoms with Gasteiger partial charge in [-0.15, -0.1) is 0 Å². The molecule has 0 saturated heterocycles. The summed E-state index contributed by atoms with van der Waals surface area (Å²) in [7, 11) is 0. The number of rotatable bonds is 2. The second kappa shape index (κ2) is 3.69. The molecule has 2 N–H and O–H groups in total. The zero-order chi connectivity index (χ0) is 11.7. The van der Waals surface area contributed by atoms with Gasteiger partial charge in [-0.25, -0.2) is 15.0 Å².